The summed E-state index contributed by atoms with van der Waals surface area (Å²) in [6.45, 7) is 3.30. The minimum atomic E-state index is -1.20. The van der Waals surface area contributed by atoms with Crippen LogP contribution < -0.4 is 0 Å². The summed E-state index contributed by atoms with van der Waals surface area (Å²) in [6.07, 6.45) is 1.48. The fraction of sp³-hybridized carbons (Fsp3) is 0.600. The van der Waals surface area contributed by atoms with Gasteiger partial charge in [0.15, 0.2) is 0 Å². The molecule has 0 saturated carbocycles. The van der Waals surface area contributed by atoms with Crippen molar-refractivity contribution in [3.63, 3.8) is 0 Å². The van der Waals surface area contributed by atoms with Crippen molar-refractivity contribution in [2.45, 2.75) is 36.8 Å². The first-order valence-corrected chi connectivity index (χ1v) is 4.87. The Bertz CT molecular complexity index is 363. The van der Waals surface area contributed by atoms with Crippen LogP contribution in [-0.4, -0.2) is 35.9 Å². The second kappa shape index (κ2) is 2.61. The van der Waals surface area contributed by atoms with Crippen LogP contribution in [0.4, 0.5) is 0 Å². The summed E-state index contributed by atoms with van der Waals surface area (Å²) in [5.74, 6) is -1.09. The fourth-order valence-electron chi connectivity index (χ4n) is 2.64. The van der Waals surface area contributed by atoms with Gasteiger partial charge in [-0.3, -0.25) is 0 Å². The van der Waals surface area contributed by atoms with Crippen LogP contribution in [0.25, 0.3) is 0 Å². The van der Waals surface area contributed by atoms with Gasteiger partial charge >= 0.3 is 11.9 Å². The van der Waals surface area contributed by atoms with Crippen molar-refractivity contribution in [1.82, 2.24) is 0 Å². The zero-order valence-corrected chi connectivity index (χ0v) is 7.97. The Morgan fingerprint density at radius 3 is 3.13 bits per heavy atom. The summed E-state index contributed by atoms with van der Waals surface area (Å²) < 4.78 is 15.8. The molecule has 3 aliphatic rings. The number of ether oxygens (including phenoxy) is 3. The van der Waals surface area contributed by atoms with Crippen LogP contribution in [-0.2, 0) is 23.8 Å². The molecule has 3 saturated heterocycles. The Kier molecular flexibility index (Phi) is 1.55. The SMILES string of the molecule is C=CC(=O)OC12CC3CC(OC1=O)C2O3. The Morgan fingerprint density at radius 2 is 2.47 bits per heavy atom. The largest absolute Gasteiger partial charge is 0.456 e. The number of hydrogen-bond acceptors (Lipinski definition) is 5. The first kappa shape index (κ1) is 8.91. The molecule has 0 spiro atoms. The van der Waals surface area contributed by atoms with Crippen LogP contribution in [0.15, 0.2) is 12.7 Å². The molecule has 3 heterocycles. The summed E-state index contributed by atoms with van der Waals surface area (Å²) in [5.41, 5.74) is -1.20. The minimum Gasteiger partial charge on any atom is -0.456 e. The highest BCUT2D eigenvalue weighted by Crippen LogP contribution is 2.50. The lowest BCUT2D eigenvalue weighted by Crippen LogP contribution is -2.47. The smallest absolute Gasteiger partial charge is 0.354 e. The number of carbonyl (C=O) groups excluding carboxylic acids is 2. The molecular weight excluding hydrogens is 200 g/mol. The molecule has 0 aromatic rings. The van der Waals surface area contributed by atoms with Crippen molar-refractivity contribution in [2.24, 2.45) is 0 Å². The van der Waals surface area contributed by atoms with Crippen molar-refractivity contribution in [3.8, 4) is 0 Å². The average molecular weight is 210 g/mol. The van der Waals surface area contributed by atoms with Gasteiger partial charge in [-0.25, -0.2) is 9.59 Å². The molecule has 0 N–H and O–H groups in total. The molecule has 3 fully saturated rings. The zero-order valence-electron chi connectivity index (χ0n) is 7.97. The van der Waals surface area contributed by atoms with Crippen LogP contribution >= 0.6 is 0 Å². The second-order valence-electron chi connectivity index (χ2n) is 4.08. The number of hydrogen-bond donors (Lipinski definition) is 0. The molecule has 4 atom stereocenters. The standard InChI is InChI=1S/C10H10O5/c1-2-7(11)15-10-4-5-3-6(8(10)13-5)14-9(10)12/h2,5-6,8H,1,3-4H2. The molecule has 15 heavy (non-hydrogen) atoms. The van der Waals surface area contributed by atoms with E-state index >= 15 is 0 Å². The molecule has 3 aliphatic heterocycles. The van der Waals surface area contributed by atoms with E-state index in [1.807, 2.05) is 0 Å². The second-order valence-corrected chi connectivity index (χ2v) is 4.08. The van der Waals surface area contributed by atoms with Gasteiger partial charge in [0.25, 0.3) is 0 Å². The third kappa shape index (κ3) is 0.958. The molecule has 5 nitrogen and oxygen atoms in total. The predicted octanol–water partition coefficient (Wildman–Crippen LogP) is -0.0590. The van der Waals surface area contributed by atoms with E-state index < -0.39 is 23.6 Å². The van der Waals surface area contributed by atoms with Crippen LogP contribution in [0.2, 0.25) is 0 Å². The van der Waals surface area contributed by atoms with Gasteiger partial charge in [0.05, 0.1) is 6.10 Å². The van der Waals surface area contributed by atoms with Gasteiger partial charge in [0.2, 0.25) is 5.60 Å². The lowest BCUT2D eigenvalue weighted by Gasteiger charge is -2.24. The van der Waals surface area contributed by atoms with Gasteiger partial charge in [0, 0.05) is 18.9 Å². The van der Waals surface area contributed by atoms with E-state index in [9.17, 15) is 9.59 Å². The number of carbonyl (C=O) groups is 2. The third-order valence-corrected chi connectivity index (χ3v) is 3.22. The fourth-order valence-corrected chi connectivity index (χ4v) is 2.64. The maximum absolute atomic E-state index is 11.7. The lowest BCUT2D eigenvalue weighted by molar-refractivity contribution is -0.170. The molecule has 0 aromatic heterocycles. The Morgan fingerprint density at radius 1 is 1.67 bits per heavy atom. The predicted molar refractivity (Wildman–Crippen MR) is 46.8 cm³/mol. The van der Waals surface area contributed by atoms with E-state index in [0.29, 0.717) is 12.8 Å². The van der Waals surface area contributed by atoms with Gasteiger partial charge < -0.3 is 14.2 Å². The monoisotopic (exact) mass is 210 g/mol. The first-order chi connectivity index (χ1) is 7.15. The number of rotatable bonds is 2. The molecule has 4 unspecified atom stereocenters. The van der Waals surface area contributed by atoms with Gasteiger partial charge in [-0.1, -0.05) is 6.58 Å². The lowest BCUT2D eigenvalue weighted by atomic mass is 9.85. The highest BCUT2D eigenvalue weighted by atomic mass is 16.7. The van der Waals surface area contributed by atoms with Crippen molar-refractivity contribution in [2.75, 3.05) is 0 Å². The van der Waals surface area contributed by atoms with Gasteiger partial charge in [-0.15, -0.1) is 0 Å². The summed E-state index contributed by atoms with van der Waals surface area (Å²) >= 11 is 0. The maximum Gasteiger partial charge on any atom is 0.354 e. The Hall–Kier alpha value is -1.36. The van der Waals surface area contributed by atoms with Crippen molar-refractivity contribution < 1.29 is 23.8 Å². The number of esters is 2. The Labute approximate surface area is 86.0 Å². The van der Waals surface area contributed by atoms with Gasteiger partial charge in [-0.2, -0.15) is 0 Å². The molecule has 80 valence electrons. The van der Waals surface area contributed by atoms with E-state index in [2.05, 4.69) is 6.58 Å². The first-order valence-electron chi connectivity index (χ1n) is 4.87. The Balaban J connectivity index is 1.94. The topological polar surface area (TPSA) is 61.8 Å². The van der Waals surface area contributed by atoms with E-state index in [-0.39, 0.29) is 12.2 Å². The van der Waals surface area contributed by atoms with E-state index in [1.54, 1.807) is 0 Å². The van der Waals surface area contributed by atoms with Crippen molar-refractivity contribution in [3.05, 3.63) is 12.7 Å². The quantitative estimate of drug-likeness (QED) is 0.472. The van der Waals surface area contributed by atoms with Crippen molar-refractivity contribution in [1.29, 1.82) is 0 Å². The van der Waals surface area contributed by atoms with Crippen LogP contribution in [0.1, 0.15) is 12.8 Å². The summed E-state index contributed by atoms with van der Waals surface area (Å²) in [6, 6.07) is 0. The molecule has 0 amide bonds. The molecule has 5 heteroatoms. The van der Waals surface area contributed by atoms with E-state index in [4.69, 9.17) is 14.2 Å². The zero-order chi connectivity index (χ0) is 10.6. The van der Waals surface area contributed by atoms with Gasteiger partial charge in [0.1, 0.15) is 12.2 Å². The maximum atomic E-state index is 11.7. The van der Waals surface area contributed by atoms with Crippen LogP contribution in [0.5, 0.6) is 0 Å². The highest BCUT2D eigenvalue weighted by molar-refractivity contribution is 5.90. The minimum absolute atomic E-state index is 0.0240. The third-order valence-electron chi connectivity index (χ3n) is 3.22. The van der Waals surface area contributed by atoms with Crippen LogP contribution in [0, 0.1) is 0 Å². The molecule has 2 bridgehead atoms. The summed E-state index contributed by atoms with van der Waals surface area (Å²) in [4.78, 5) is 22.8. The molecule has 0 radical (unpaired) electrons. The summed E-state index contributed by atoms with van der Waals surface area (Å²) in [5, 5.41) is 0. The van der Waals surface area contributed by atoms with Gasteiger partial charge in [-0.05, 0) is 0 Å². The van der Waals surface area contributed by atoms with E-state index in [0.717, 1.165) is 6.08 Å². The number of fused-ring (bicyclic) bond motifs is 1. The molecule has 0 aromatic carbocycles. The summed E-state index contributed by atoms with van der Waals surface area (Å²) in [7, 11) is 0. The van der Waals surface area contributed by atoms with Crippen LogP contribution in [0.3, 0.4) is 0 Å². The molecule has 0 aliphatic carbocycles. The average Bonchev–Trinajstić information content (AvgIpc) is 2.77. The molecular formula is C10H10O5. The normalized spacial score (nSPS) is 45.3. The molecule has 3 rings (SSSR count). The van der Waals surface area contributed by atoms with Crippen molar-refractivity contribution >= 4 is 11.9 Å². The highest BCUT2D eigenvalue weighted by Gasteiger charge is 2.71. The van der Waals surface area contributed by atoms with E-state index in [1.165, 1.54) is 0 Å².